The average molecular weight is 319 g/mol. The molecular formula is C16H21N3O4. The fourth-order valence-electron chi connectivity index (χ4n) is 2.37. The fourth-order valence-corrected chi connectivity index (χ4v) is 2.37. The molecule has 0 spiro atoms. The summed E-state index contributed by atoms with van der Waals surface area (Å²) in [5, 5.41) is 13.1. The van der Waals surface area contributed by atoms with Crippen LogP contribution in [0.4, 0.5) is 0 Å². The van der Waals surface area contributed by atoms with Gasteiger partial charge in [0.2, 0.25) is 0 Å². The smallest absolute Gasteiger partial charge is 0.279 e. The molecule has 23 heavy (non-hydrogen) atoms. The van der Waals surface area contributed by atoms with Gasteiger partial charge in [0.25, 0.3) is 11.5 Å². The molecule has 0 bridgehead atoms. The normalized spacial score (nSPS) is 13.7. The van der Waals surface area contributed by atoms with Crippen molar-refractivity contribution in [3.05, 3.63) is 50.6 Å². The number of amides is 1. The molecule has 2 heterocycles. The Kier molecular flexibility index (Phi) is 4.42. The molecular weight excluding hydrogens is 298 g/mol. The van der Waals surface area contributed by atoms with E-state index < -0.39 is 17.1 Å². The maximum Gasteiger partial charge on any atom is 0.279 e. The summed E-state index contributed by atoms with van der Waals surface area (Å²) < 4.78 is 5.40. The molecule has 0 fully saturated rings. The predicted molar refractivity (Wildman–Crippen MR) is 84.4 cm³/mol. The van der Waals surface area contributed by atoms with Gasteiger partial charge >= 0.3 is 0 Å². The summed E-state index contributed by atoms with van der Waals surface area (Å²) in [6.07, 6.45) is 0. The van der Waals surface area contributed by atoms with Crippen LogP contribution >= 0.6 is 0 Å². The van der Waals surface area contributed by atoms with Crippen molar-refractivity contribution in [3.63, 3.8) is 0 Å². The minimum Gasteiger partial charge on any atom is -0.466 e. The summed E-state index contributed by atoms with van der Waals surface area (Å²) in [5.74, 6) is 0.632. The van der Waals surface area contributed by atoms with Crippen molar-refractivity contribution in [3.8, 4) is 0 Å². The van der Waals surface area contributed by atoms with Crippen LogP contribution < -0.4 is 10.9 Å². The van der Waals surface area contributed by atoms with Crippen LogP contribution in [0.25, 0.3) is 0 Å². The molecule has 1 amide bonds. The fraction of sp³-hybridized carbons (Fsp3) is 0.438. The predicted octanol–water partition coefficient (Wildman–Crippen LogP) is 1.23. The zero-order valence-electron chi connectivity index (χ0n) is 13.9. The average Bonchev–Trinajstić information content (AvgIpc) is 2.80. The summed E-state index contributed by atoms with van der Waals surface area (Å²) >= 11 is 0. The highest BCUT2D eigenvalue weighted by Crippen LogP contribution is 2.26. The van der Waals surface area contributed by atoms with Gasteiger partial charge in [-0.15, -0.1) is 0 Å². The first kappa shape index (κ1) is 17.0. The molecule has 1 unspecified atom stereocenters. The van der Waals surface area contributed by atoms with Gasteiger partial charge in [-0.2, -0.15) is 0 Å². The van der Waals surface area contributed by atoms with Crippen LogP contribution in [0, 0.1) is 27.7 Å². The quantitative estimate of drug-likeness (QED) is 0.785. The monoisotopic (exact) mass is 319 g/mol. The molecule has 7 nitrogen and oxygen atoms in total. The third kappa shape index (κ3) is 3.50. The highest BCUT2D eigenvalue weighted by Gasteiger charge is 2.29. The lowest BCUT2D eigenvalue weighted by Gasteiger charge is -2.23. The number of nitrogens with one attached hydrogen (secondary N) is 2. The van der Waals surface area contributed by atoms with Crippen LogP contribution in [0.2, 0.25) is 0 Å². The Labute approximate surface area is 133 Å². The van der Waals surface area contributed by atoms with Gasteiger partial charge in [0.05, 0.1) is 12.2 Å². The third-order valence-electron chi connectivity index (χ3n) is 3.77. The number of aromatic amines is 1. The second-order valence-electron chi connectivity index (χ2n) is 5.91. The second kappa shape index (κ2) is 6.00. The van der Waals surface area contributed by atoms with Gasteiger partial charge in [-0.1, -0.05) is 0 Å². The van der Waals surface area contributed by atoms with E-state index in [9.17, 15) is 14.7 Å². The number of nitrogens with zero attached hydrogens (tertiary/aromatic N) is 1. The molecule has 2 rings (SSSR count). The lowest BCUT2D eigenvalue weighted by molar-refractivity contribution is 0.0512. The molecule has 7 heteroatoms. The summed E-state index contributed by atoms with van der Waals surface area (Å²) in [5.41, 5.74) is -0.308. The number of aliphatic hydroxyl groups is 1. The number of carbonyl (C=O) groups is 1. The SMILES string of the molecule is Cc1cc(C(C)(O)CNC(=O)c2nc(C)c(C)[nH]c2=O)c(C)o1. The van der Waals surface area contributed by atoms with Crippen LogP contribution in [-0.4, -0.2) is 27.5 Å². The lowest BCUT2D eigenvalue weighted by atomic mass is 9.96. The zero-order chi connectivity index (χ0) is 17.4. The maximum absolute atomic E-state index is 12.2. The molecule has 0 aliphatic rings. The molecule has 0 aliphatic carbocycles. The van der Waals surface area contributed by atoms with Gasteiger partial charge in [-0.05, 0) is 40.7 Å². The molecule has 0 saturated carbocycles. The minimum atomic E-state index is -1.32. The standard InChI is InChI=1S/C16H21N3O4/c1-8-6-12(11(4)23-8)16(5,22)7-17-14(20)13-15(21)19-10(3)9(2)18-13/h6,22H,7H2,1-5H3,(H,17,20)(H,19,21). The van der Waals surface area contributed by atoms with Crippen LogP contribution in [-0.2, 0) is 5.60 Å². The van der Waals surface area contributed by atoms with E-state index in [0.717, 1.165) is 0 Å². The summed E-state index contributed by atoms with van der Waals surface area (Å²) in [4.78, 5) is 30.6. The number of furan rings is 1. The highest BCUT2D eigenvalue weighted by atomic mass is 16.3. The van der Waals surface area contributed by atoms with Crippen molar-refractivity contribution in [1.82, 2.24) is 15.3 Å². The molecule has 0 saturated heterocycles. The topological polar surface area (TPSA) is 108 Å². The van der Waals surface area contributed by atoms with Crippen molar-refractivity contribution in [2.45, 2.75) is 40.2 Å². The van der Waals surface area contributed by atoms with Crippen LogP contribution in [0.5, 0.6) is 0 Å². The molecule has 0 radical (unpaired) electrons. The number of hydrogen-bond acceptors (Lipinski definition) is 5. The molecule has 2 aromatic heterocycles. The van der Waals surface area contributed by atoms with Gasteiger partial charge in [0.15, 0.2) is 5.69 Å². The number of hydrogen-bond donors (Lipinski definition) is 3. The van der Waals surface area contributed by atoms with Gasteiger partial charge < -0.3 is 19.8 Å². The Morgan fingerprint density at radius 3 is 2.61 bits per heavy atom. The summed E-state index contributed by atoms with van der Waals surface area (Å²) in [6.45, 7) is 8.44. The minimum absolute atomic E-state index is 0.0698. The van der Waals surface area contributed by atoms with E-state index in [-0.39, 0.29) is 12.2 Å². The first-order valence-corrected chi connectivity index (χ1v) is 7.27. The number of carbonyl (C=O) groups excluding carboxylic acids is 1. The van der Waals surface area contributed by atoms with E-state index in [1.807, 2.05) is 0 Å². The largest absolute Gasteiger partial charge is 0.466 e. The van der Waals surface area contributed by atoms with Gasteiger partial charge in [0, 0.05) is 11.3 Å². The van der Waals surface area contributed by atoms with E-state index >= 15 is 0 Å². The van der Waals surface area contributed by atoms with E-state index in [0.29, 0.717) is 28.5 Å². The van der Waals surface area contributed by atoms with Gasteiger partial charge in [-0.25, -0.2) is 4.98 Å². The molecule has 1 atom stereocenters. The summed E-state index contributed by atoms with van der Waals surface area (Å²) in [7, 11) is 0. The van der Waals surface area contributed by atoms with Crippen molar-refractivity contribution >= 4 is 5.91 Å². The summed E-state index contributed by atoms with van der Waals surface area (Å²) in [6, 6.07) is 1.72. The number of rotatable bonds is 4. The van der Waals surface area contributed by atoms with Crippen molar-refractivity contribution < 1.29 is 14.3 Å². The Morgan fingerprint density at radius 1 is 1.39 bits per heavy atom. The van der Waals surface area contributed by atoms with Crippen LogP contribution in [0.3, 0.4) is 0 Å². The van der Waals surface area contributed by atoms with Crippen molar-refractivity contribution in [2.24, 2.45) is 0 Å². The molecule has 2 aromatic rings. The Balaban J connectivity index is 2.17. The number of aryl methyl sites for hydroxylation is 4. The Morgan fingerprint density at radius 2 is 2.04 bits per heavy atom. The third-order valence-corrected chi connectivity index (χ3v) is 3.77. The first-order chi connectivity index (χ1) is 10.6. The number of H-pyrrole nitrogens is 1. The van der Waals surface area contributed by atoms with Gasteiger partial charge in [0.1, 0.15) is 17.1 Å². The number of aromatic nitrogens is 2. The Bertz CT molecular complexity index is 802. The van der Waals surface area contributed by atoms with Crippen LogP contribution in [0.15, 0.2) is 15.3 Å². The molecule has 0 aliphatic heterocycles. The van der Waals surface area contributed by atoms with Crippen molar-refractivity contribution in [2.75, 3.05) is 6.54 Å². The van der Waals surface area contributed by atoms with Gasteiger partial charge in [-0.3, -0.25) is 9.59 Å². The van der Waals surface area contributed by atoms with E-state index in [1.54, 1.807) is 40.7 Å². The highest BCUT2D eigenvalue weighted by molar-refractivity contribution is 5.92. The van der Waals surface area contributed by atoms with E-state index in [2.05, 4.69) is 15.3 Å². The second-order valence-corrected chi connectivity index (χ2v) is 5.91. The van der Waals surface area contributed by atoms with E-state index in [4.69, 9.17) is 4.42 Å². The maximum atomic E-state index is 12.2. The van der Waals surface area contributed by atoms with Crippen LogP contribution in [0.1, 0.15) is 45.9 Å². The first-order valence-electron chi connectivity index (χ1n) is 7.27. The molecule has 124 valence electrons. The van der Waals surface area contributed by atoms with Crippen molar-refractivity contribution in [1.29, 1.82) is 0 Å². The van der Waals surface area contributed by atoms with E-state index in [1.165, 1.54) is 0 Å². The Hall–Kier alpha value is -2.41. The molecule has 0 aromatic carbocycles. The lowest BCUT2D eigenvalue weighted by Crippen LogP contribution is -2.41. The zero-order valence-corrected chi connectivity index (χ0v) is 13.9. The molecule has 3 N–H and O–H groups in total.